The van der Waals surface area contributed by atoms with Gasteiger partial charge in [0.25, 0.3) is 0 Å². The van der Waals surface area contributed by atoms with Crippen LogP contribution in [0.3, 0.4) is 0 Å². The monoisotopic (exact) mass is 224 g/mol. The van der Waals surface area contributed by atoms with Crippen molar-refractivity contribution in [3.05, 3.63) is 11.3 Å². The molecule has 0 saturated carbocycles. The van der Waals surface area contributed by atoms with Crippen molar-refractivity contribution < 1.29 is 4.74 Å². The maximum Gasteiger partial charge on any atom is 0.101 e. The lowest BCUT2D eigenvalue weighted by atomic mass is 9.85. The predicted molar refractivity (Wildman–Crippen MR) is 70.3 cm³/mol. The van der Waals surface area contributed by atoms with E-state index in [-0.39, 0.29) is 0 Å². The molecule has 2 atom stereocenters. The highest BCUT2D eigenvalue weighted by Crippen LogP contribution is 2.36. The van der Waals surface area contributed by atoms with Gasteiger partial charge in [0.1, 0.15) is 6.10 Å². The van der Waals surface area contributed by atoms with Crippen molar-refractivity contribution in [1.82, 2.24) is 0 Å². The summed E-state index contributed by atoms with van der Waals surface area (Å²) in [6, 6.07) is 0. The van der Waals surface area contributed by atoms with Crippen molar-refractivity contribution in [2.45, 2.75) is 66.9 Å². The number of rotatable bonds is 4. The molecule has 1 heteroatoms. The first-order valence-corrected chi connectivity index (χ1v) is 6.86. The highest BCUT2D eigenvalue weighted by Gasteiger charge is 2.27. The zero-order chi connectivity index (χ0) is 12.3. The van der Waals surface area contributed by atoms with Gasteiger partial charge in [0, 0.05) is 5.92 Å². The molecule has 2 unspecified atom stereocenters. The minimum Gasteiger partial charge on any atom is -0.494 e. The Hall–Kier alpha value is -0.460. The molecule has 0 fully saturated rings. The Bertz CT molecular complexity index is 250. The van der Waals surface area contributed by atoms with Crippen LogP contribution in [0.5, 0.6) is 0 Å². The van der Waals surface area contributed by atoms with Crippen LogP contribution in [0.15, 0.2) is 11.3 Å². The van der Waals surface area contributed by atoms with E-state index in [2.05, 4.69) is 41.5 Å². The molecule has 1 aliphatic heterocycles. The first-order chi connectivity index (χ1) is 7.47. The van der Waals surface area contributed by atoms with E-state index in [1.165, 1.54) is 25.0 Å². The maximum atomic E-state index is 6.22. The van der Waals surface area contributed by atoms with Gasteiger partial charge < -0.3 is 4.74 Å². The Morgan fingerprint density at radius 3 is 2.25 bits per heavy atom. The number of hydrogen-bond acceptors (Lipinski definition) is 1. The smallest absolute Gasteiger partial charge is 0.101 e. The third kappa shape index (κ3) is 3.02. The molecule has 16 heavy (non-hydrogen) atoms. The van der Waals surface area contributed by atoms with Crippen LogP contribution in [0, 0.1) is 17.8 Å². The molecule has 0 radical (unpaired) electrons. The molecule has 0 aromatic rings. The van der Waals surface area contributed by atoms with Gasteiger partial charge in [-0.05, 0) is 36.7 Å². The van der Waals surface area contributed by atoms with Gasteiger partial charge in [-0.3, -0.25) is 0 Å². The molecule has 0 spiro atoms. The van der Waals surface area contributed by atoms with E-state index in [1.54, 1.807) is 5.57 Å². The van der Waals surface area contributed by atoms with Crippen molar-refractivity contribution in [3.8, 4) is 0 Å². The minimum atomic E-state index is 0.435. The van der Waals surface area contributed by atoms with Crippen molar-refractivity contribution in [3.63, 3.8) is 0 Å². The van der Waals surface area contributed by atoms with Gasteiger partial charge in [-0.2, -0.15) is 0 Å². The van der Waals surface area contributed by atoms with Gasteiger partial charge in [-0.1, -0.05) is 41.5 Å². The summed E-state index contributed by atoms with van der Waals surface area (Å²) in [5, 5.41) is 0. The average molecular weight is 224 g/mol. The van der Waals surface area contributed by atoms with Crippen molar-refractivity contribution in [1.29, 1.82) is 0 Å². The summed E-state index contributed by atoms with van der Waals surface area (Å²) >= 11 is 0. The summed E-state index contributed by atoms with van der Waals surface area (Å²) in [4.78, 5) is 0. The van der Waals surface area contributed by atoms with Crippen LogP contribution in [0.4, 0.5) is 0 Å². The molecule has 0 saturated heterocycles. The Kier molecular flexibility index (Phi) is 4.89. The van der Waals surface area contributed by atoms with Crippen molar-refractivity contribution in [2.75, 3.05) is 0 Å². The van der Waals surface area contributed by atoms with Crippen molar-refractivity contribution in [2.24, 2.45) is 17.8 Å². The molecule has 1 nitrogen and oxygen atoms in total. The fourth-order valence-electron chi connectivity index (χ4n) is 2.43. The van der Waals surface area contributed by atoms with Crippen LogP contribution in [0.2, 0.25) is 0 Å². The number of hydrogen-bond donors (Lipinski definition) is 0. The molecular formula is C15H28O. The van der Waals surface area contributed by atoms with E-state index in [0.717, 1.165) is 0 Å². The van der Waals surface area contributed by atoms with Crippen LogP contribution < -0.4 is 0 Å². The lowest BCUT2D eigenvalue weighted by molar-refractivity contribution is 0.0367. The zero-order valence-corrected chi connectivity index (χ0v) is 11.8. The van der Waals surface area contributed by atoms with E-state index in [0.29, 0.717) is 23.9 Å². The molecule has 0 aliphatic carbocycles. The number of ether oxygens (including phenoxy) is 1. The zero-order valence-electron chi connectivity index (χ0n) is 11.8. The first kappa shape index (κ1) is 13.6. The quantitative estimate of drug-likeness (QED) is 0.668. The SMILES string of the molecule is CCC(C)C1=C(C(C)C)OC(C(C)C)CC1. The molecule has 1 heterocycles. The molecular weight excluding hydrogens is 196 g/mol. The predicted octanol–water partition coefficient (Wildman–Crippen LogP) is 4.78. The van der Waals surface area contributed by atoms with Gasteiger partial charge >= 0.3 is 0 Å². The molecule has 0 aromatic heterocycles. The fourth-order valence-corrected chi connectivity index (χ4v) is 2.43. The Morgan fingerprint density at radius 2 is 1.81 bits per heavy atom. The van der Waals surface area contributed by atoms with Crippen LogP contribution in [-0.2, 0) is 4.74 Å². The lowest BCUT2D eigenvalue weighted by Crippen LogP contribution is -2.27. The Balaban J connectivity index is 2.88. The fraction of sp³-hybridized carbons (Fsp3) is 0.867. The average Bonchev–Trinajstić information content (AvgIpc) is 2.26. The third-order valence-electron chi connectivity index (χ3n) is 3.77. The summed E-state index contributed by atoms with van der Waals surface area (Å²) in [6.45, 7) is 13.6. The Morgan fingerprint density at radius 1 is 1.19 bits per heavy atom. The van der Waals surface area contributed by atoms with Crippen LogP contribution in [0.25, 0.3) is 0 Å². The first-order valence-electron chi connectivity index (χ1n) is 6.86. The highest BCUT2D eigenvalue weighted by atomic mass is 16.5. The standard InChI is InChI=1S/C15H28O/c1-7-12(6)13-8-9-14(10(2)3)16-15(13)11(4)5/h10-12,14H,7-9H2,1-6H3. The van der Waals surface area contributed by atoms with E-state index in [9.17, 15) is 0 Å². The van der Waals surface area contributed by atoms with Crippen LogP contribution in [0.1, 0.15) is 60.8 Å². The third-order valence-corrected chi connectivity index (χ3v) is 3.77. The molecule has 1 aliphatic rings. The summed E-state index contributed by atoms with van der Waals surface area (Å²) in [5.41, 5.74) is 1.58. The van der Waals surface area contributed by atoms with Gasteiger partial charge in [0.15, 0.2) is 0 Å². The molecule has 94 valence electrons. The summed E-state index contributed by atoms with van der Waals surface area (Å²) in [6.07, 6.45) is 4.10. The summed E-state index contributed by atoms with van der Waals surface area (Å²) in [7, 11) is 0. The second-order valence-electron chi connectivity index (χ2n) is 5.79. The molecule has 0 N–H and O–H groups in total. The molecule has 1 rings (SSSR count). The normalized spacial score (nSPS) is 23.9. The second kappa shape index (κ2) is 5.75. The summed E-state index contributed by atoms with van der Waals surface area (Å²) in [5.74, 6) is 3.14. The van der Waals surface area contributed by atoms with Crippen LogP contribution >= 0.6 is 0 Å². The van der Waals surface area contributed by atoms with Gasteiger partial charge in [-0.25, -0.2) is 0 Å². The van der Waals surface area contributed by atoms with E-state index in [4.69, 9.17) is 4.74 Å². The maximum absolute atomic E-state index is 6.22. The lowest BCUT2D eigenvalue weighted by Gasteiger charge is -2.34. The van der Waals surface area contributed by atoms with E-state index >= 15 is 0 Å². The highest BCUT2D eigenvalue weighted by molar-refractivity contribution is 5.16. The molecule has 0 bridgehead atoms. The largest absolute Gasteiger partial charge is 0.494 e. The van der Waals surface area contributed by atoms with E-state index in [1.807, 2.05) is 0 Å². The topological polar surface area (TPSA) is 9.23 Å². The summed E-state index contributed by atoms with van der Waals surface area (Å²) < 4.78 is 6.22. The van der Waals surface area contributed by atoms with Crippen molar-refractivity contribution >= 4 is 0 Å². The minimum absolute atomic E-state index is 0.435. The van der Waals surface area contributed by atoms with Gasteiger partial charge in [-0.15, -0.1) is 0 Å². The Labute approximate surface area is 101 Å². The van der Waals surface area contributed by atoms with Gasteiger partial charge in [0.2, 0.25) is 0 Å². The van der Waals surface area contributed by atoms with E-state index < -0.39 is 0 Å². The van der Waals surface area contributed by atoms with Crippen LogP contribution in [-0.4, -0.2) is 6.10 Å². The van der Waals surface area contributed by atoms with Gasteiger partial charge in [0.05, 0.1) is 5.76 Å². The molecule has 0 amide bonds. The second-order valence-corrected chi connectivity index (χ2v) is 5.79. The number of allylic oxidation sites excluding steroid dienone is 2. The molecule has 0 aromatic carbocycles.